The quantitative estimate of drug-likeness (QED) is 0.109. The zero-order valence-corrected chi connectivity index (χ0v) is 27.6. The third-order valence-electron chi connectivity index (χ3n) is 9.28. The molecule has 2 unspecified atom stereocenters. The lowest BCUT2D eigenvalue weighted by Gasteiger charge is -2.48. The van der Waals surface area contributed by atoms with Crippen molar-refractivity contribution in [2.24, 2.45) is 5.92 Å². The van der Waals surface area contributed by atoms with Crippen LogP contribution >= 0.6 is 0 Å². The lowest BCUT2D eigenvalue weighted by Crippen LogP contribution is -2.60. The van der Waals surface area contributed by atoms with E-state index in [1.54, 1.807) is 17.0 Å². The maximum absolute atomic E-state index is 13.4. The minimum absolute atomic E-state index is 0.00658. The molecule has 5 N–H and O–H groups in total. The molecule has 4 aromatic carbocycles. The number of carbonyl (C=O) groups excluding carboxylic acids is 1. The molecule has 0 spiro atoms. The van der Waals surface area contributed by atoms with Gasteiger partial charge >= 0.3 is 10.1 Å². The predicted octanol–water partition coefficient (Wildman–Crippen LogP) is 3.26. The van der Waals surface area contributed by atoms with Gasteiger partial charge in [0.15, 0.2) is 0 Å². The largest absolute Gasteiger partial charge is 0.394 e. The molecule has 0 aromatic heterocycles. The second kappa shape index (κ2) is 15.0. The molecule has 2 fully saturated rings. The van der Waals surface area contributed by atoms with Gasteiger partial charge in [-0.15, -0.1) is 0 Å². The van der Waals surface area contributed by atoms with Gasteiger partial charge in [-0.3, -0.25) is 4.79 Å². The molecule has 11 nitrogen and oxygen atoms in total. The lowest BCUT2D eigenvalue weighted by molar-refractivity contribution is -0.223. The third-order valence-corrected chi connectivity index (χ3v) is 10.5. The number of carbonyl (C=O) groups is 1. The van der Waals surface area contributed by atoms with E-state index in [2.05, 4.69) is 0 Å². The number of aliphatic hydroxyl groups is 5. The Morgan fingerprint density at radius 1 is 0.800 bits per heavy atom. The molecular formula is C37H38FNO10S. The number of anilines is 1. The van der Waals surface area contributed by atoms with E-state index < -0.39 is 59.1 Å². The van der Waals surface area contributed by atoms with Gasteiger partial charge in [0.25, 0.3) is 0 Å². The molecule has 264 valence electrons. The zero-order valence-electron chi connectivity index (χ0n) is 26.8. The van der Waals surface area contributed by atoms with Crippen LogP contribution in [0.25, 0.3) is 11.1 Å². The summed E-state index contributed by atoms with van der Waals surface area (Å²) in [6.07, 6.45) is -7.78. The highest BCUT2D eigenvalue weighted by molar-refractivity contribution is 7.87. The number of halogens is 1. The molecule has 0 radical (unpaired) electrons. The van der Waals surface area contributed by atoms with Gasteiger partial charge in [0.1, 0.15) is 47.8 Å². The van der Waals surface area contributed by atoms with Gasteiger partial charge in [-0.05, 0) is 71.5 Å². The average molecular weight is 708 g/mol. The third kappa shape index (κ3) is 7.59. The van der Waals surface area contributed by atoms with Gasteiger partial charge in [-0.25, -0.2) is 4.39 Å². The van der Waals surface area contributed by atoms with E-state index >= 15 is 0 Å². The Kier molecular flexibility index (Phi) is 10.6. The number of hydrogen-bond acceptors (Lipinski definition) is 10. The summed E-state index contributed by atoms with van der Waals surface area (Å²) in [5.41, 5.74) is 3.84. The SMILES string of the molecule is O=C1[C@H](CC[C@H](O)c2ccc(F)cc2)[C@@H](c2ccc(-c3ccc(OS(=O)(=O)C[C@@H]4OC(CO)[C@H](O)[C@H](O)C4O)cc3)cc2)N1c1ccccc1. The van der Waals surface area contributed by atoms with Gasteiger partial charge in [-0.1, -0.05) is 66.7 Å². The van der Waals surface area contributed by atoms with Crippen molar-refractivity contribution in [1.82, 2.24) is 0 Å². The van der Waals surface area contributed by atoms with Gasteiger partial charge in [-0.2, -0.15) is 8.42 Å². The van der Waals surface area contributed by atoms with Crippen LogP contribution in [0, 0.1) is 11.7 Å². The monoisotopic (exact) mass is 707 g/mol. The Morgan fingerprint density at radius 3 is 2.02 bits per heavy atom. The van der Waals surface area contributed by atoms with Gasteiger partial charge in [0.2, 0.25) is 5.91 Å². The van der Waals surface area contributed by atoms with E-state index in [0.29, 0.717) is 18.4 Å². The van der Waals surface area contributed by atoms with Crippen molar-refractivity contribution in [3.05, 3.63) is 120 Å². The smallest absolute Gasteiger partial charge is 0.311 e. The van der Waals surface area contributed by atoms with Crippen LogP contribution in [0.3, 0.4) is 0 Å². The number of para-hydroxylation sites is 1. The fourth-order valence-electron chi connectivity index (χ4n) is 6.55. The minimum Gasteiger partial charge on any atom is -0.394 e. The summed E-state index contributed by atoms with van der Waals surface area (Å²) in [4.78, 5) is 15.2. The van der Waals surface area contributed by atoms with Crippen molar-refractivity contribution >= 4 is 21.7 Å². The van der Waals surface area contributed by atoms with Crippen molar-refractivity contribution < 1.29 is 52.1 Å². The molecule has 8 atom stereocenters. The summed E-state index contributed by atoms with van der Waals surface area (Å²) in [5.74, 6) is -1.63. The number of benzene rings is 4. The molecule has 2 aliphatic heterocycles. The Hall–Kier alpha value is -4.21. The fourth-order valence-corrected chi connectivity index (χ4v) is 7.70. The second-order valence-electron chi connectivity index (χ2n) is 12.6. The maximum Gasteiger partial charge on any atom is 0.311 e. The number of nitrogens with zero attached hydrogens (tertiary/aromatic N) is 1. The lowest BCUT2D eigenvalue weighted by atomic mass is 9.78. The molecule has 50 heavy (non-hydrogen) atoms. The first-order valence-electron chi connectivity index (χ1n) is 16.2. The van der Waals surface area contributed by atoms with Crippen molar-refractivity contribution in [3.8, 4) is 16.9 Å². The molecule has 2 aliphatic rings. The van der Waals surface area contributed by atoms with E-state index in [9.17, 15) is 43.1 Å². The van der Waals surface area contributed by atoms with E-state index in [-0.39, 0.29) is 29.4 Å². The molecule has 0 aliphatic carbocycles. The average Bonchev–Trinajstić information content (AvgIpc) is 3.11. The molecule has 2 heterocycles. The zero-order chi connectivity index (χ0) is 35.6. The van der Waals surface area contributed by atoms with Crippen molar-refractivity contribution in [1.29, 1.82) is 0 Å². The maximum atomic E-state index is 13.4. The van der Waals surface area contributed by atoms with E-state index in [0.717, 1.165) is 22.4 Å². The van der Waals surface area contributed by atoms with Crippen molar-refractivity contribution in [2.45, 2.75) is 55.5 Å². The number of β-lactam (4-membered cyclic amide) rings is 1. The molecule has 1 amide bonds. The minimum atomic E-state index is -4.32. The molecule has 0 saturated carbocycles. The highest BCUT2D eigenvalue weighted by Gasteiger charge is 2.48. The first kappa shape index (κ1) is 35.6. The Labute approximate surface area is 288 Å². The van der Waals surface area contributed by atoms with Crippen molar-refractivity contribution in [3.63, 3.8) is 0 Å². The van der Waals surface area contributed by atoms with Crippen LogP contribution in [0.15, 0.2) is 103 Å². The topological polar surface area (TPSA) is 174 Å². The molecule has 0 bridgehead atoms. The van der Waals surface area contributed by atoms with Crippen LogP contribution in [0.4, 0.5) is 10.1 Å². The Morgan fingerprint density at radius 2 is 1.40 bits per heavy atom. The summed E-state index contributed by atoms with van der Waals surface area (Å²) < 4.78 is 49.4. The highest BCUT2D eigenvalue weighted by atomic mass is 32.2. The molecule has 13 heteroatoms. The summed E-state index contributed by atoms with van der Waals surface area (Å²) in [7, 11) is -4.32. The number of ether oxygens (including phenoxy) is 1. The summed E-state index contributed by atoms with van der Waals surface area (Å²) in [6, 6.07) is 28.7. The standard InChI is InChI=1S/C37H38FNO10S/c38-26-14-10-24(11-15-26)30(41)19-18-29-33(39(37(29)45)27-4-2-1-3-5-27)25-8-6-22(7-9-25)23-12-16-28(17-13-23)49-50(46,47)21-32-35(43)36(44)34(42)31(20-40)48-32/h1-17,29-36,40-44H,18-21H2/t29-,30+,31?,32+,33-,34+,35?,36+/m1/s1. The van der Waals surface area contributed by atoms with Gasteiger partial charge in [0.05, 0.1) is 24.7 Å². The first-order chi connectivity index (χ1) is 24.0. The highest BCUT2D eigenvalue weighted by Crippen LogP contribution is 2.46. The number of rotatable bonds is 12. The Bertz CT molecular complexity index is 1860. The number of amides is 1. The number of aliphatic hydroxyl groups excluding tert-OH is 5. The summed E-state index contributed by atoms with van der Waals surface area (Å²) in [6.45, 7) is -0.682. The van der Waals surface area contributed by atoms with Crippen LogP contribution in [0.2, 0.25) is 0 Å². The molecule has 6 rings (SSSR count). The van der Waals surface area contributed by atoms with Crippen LogP contribution < -0.4 is 9.08 Å². The van der Waals surface area contributed by atoms with Crippen molar-refractivity contribution in [2.75, 3.05) is 17.3 Å². The van der Waals surface area contributed by atoms with Crippen LogP contribution in [0.5, 0.6) is 5.75 Å². The van der Waals surface area contributed by atoms with Crippen LogP contribution in [0.1, 0.15) is 36.1 Å². The van der Waals surface area contributed by atoms with Gasteiger partial charge < -0.3 is 39.4 Å². The Balaban J connectivity index is 1.13. The van der Waals surface area contributed by atoms with E-state index in [1.165, 1.54) is 36.4 Å². The first-order valence-corrected chi connectivity index (χ1v) is 17.8. The second-order valence-corrected chi connectivity index (χ2v) is 14.2. The summed E-state index contributed by atoms with van der Waals surface area (Å²) >= 11 is 0. The fraction of sp³-hybridized carbons (Fsp3) is 0.324. The van der Waals surface area contributed by atoms with Crippen LogP contribution in [-0.4, -0.2) is 82.7 Å². The molecular weight excluding hydrogens is 669 g/mol. The predicted molar refractivity (Wildman–Crippen MR) is 181 cm³/mol. The van der Waals surface area contributed by atoms with Gasteiger partial charge in [0, 0.05) is 5.69 Å². The van der Waals surface area contributed by atoms with Crippen LogP contribution in [-0.2, 0) is 19.6 Å². The normalized spacial score (nSPS) is 25.9. The van der Waals surface area contributed by atoms with E-state index in [1.807, 2.05) is 54.6 Å². The molecule has 2 saturated heterocycles. The van der Waals surface area contributed by atoms with E-state index in [4.69, 9.17) is 8.92 Å². The number of hydrogen-bond donors (Lipinski definition) is 5. The summed E-state index contributed by atoms with van der Waals surface area (Å²) in [5, 5.41) is 50.2. The molecule has 4 aromatic rings.